The Labute approximate surface area is 102 Å². The van der Waals surface area contributed by atoms with E-state index in [1.165, 1.54) is 0 Å². The molecule has 0 spiro atoms. The van der Waals surface area contributed by atoms with E-state index in [0.717, 1.165) is 22.6 Å². The Kier molecular flexibility index (Phi) is 3.26. The SMILES string of the molecule is COc1cc(C2(CN)COC2)c(OC)cc1C. The first-order valence-corrected chi connectivity index (χ1v) is 5.68. The molecule has 0 bridgehead atoms. The van der Waals surface area contributed by atoms with Gasteiger partial charge in [0.15, 0.2) is 0 Å². The van der Waals surface area contributed by atoms with Crippen LogP contribution in [-0.2, 0) is 10.2 Å². The molecule has 4 heteroatoms. The van der Waals surface area contributed by atoms with Crippen LogP contribution in [0.3, 0.4) is 0 Å². The van der Waals surface area contributed by atoms with Crippen LogP contribution in [0.15, 0.2) is 12.1 Å². The molecule has 0 unspecified atom stereocenters. The minimum Gasteiger partial charge on any atom is -0.496 e. The molecular formula is C13H19NO3. The predicted octanol–water partition coefficient (Wildman–Crippen LogP) is 1.24. The Morgan fingerprint density at radius 2 is 1.88 bits per heavy atom. The van der Waals surface area contributed by atoms with Crippen LogP contribution in [0.1, 0.15) is 11.1 Å². The van der Waals surface area contributed by atoms with Gasteiger partial charge in [0.05, 0.1) is 32.8 Å². The summed E-state index contributed by atoms with van der Waals surface area (Å²) in [5, 5.41) is 0. The summed E-state index contributed by atoms with van der Waals surface area (Å²) in [6.45, 7) is 3.84. The second-order valence-electron chi connectivity index (χ2n) is 4.50. The first-order chi connectivity index (χ1) is 8.16. The number of hydrogen-bond donors (Lipinski definition) is 1. The van der Waals surface area contributed by atoms with Gasteiger partial charge in [0, 0.05) is 12.1 Å². The van der Waals surface area contributed by atoms with Crippen LogP contribution in [0.4, 0.5) is 0 Å². The summed E-state index contributed by atoms with van der Waals surface area (Å²) in [5.41, 5.74) is 7.89. The van der Waals surface area contributed by atoms with Crippen molar-refractivity contribution in [3.63, 3.8) is 0 Å². The van der Waals surface area contributed by atoms with Gasteiger partial charge >= 0.3 is 0 Å². The van der Waals surface area contributed by atoms with Crippen LogP contribution in [0.2, 0.25) is 0 Å². The van der Waals surface area contributed by atoms with Crippen molar-refractivity contribution < 1.29 is 14.2 Å². The van der Waals surface area contributed by atoms with Gasteiger partial charge in [-0.3, -0.25) is 0 Å². The first-order valence-electron chi connectivity index (χ1n) is 5.68. The zero-order valence-electron chi connectivity index (χ0n) is 10.6. The molecule has 0 amide bonds. The second-order valence-corrected chi connectivity index (χ2v) is 4.50. The lowest BCUT2D eigenvalue weighted by atomic mass is 9.78. The van der Waals surface area contributed by atoms with Crippen molar-refractivity contribution >= 4 is 0 Å². The van der Waals surface area contributed by atoms with Gasteiger partial charge < -0.3 is 19.9 Å². The second kappa shape index (κ2) is 4.55. The summed E-state index contributed by atoms with van der Waals surface area (Å²) < 4.78 is 16.1. The molecule has 2 N–H and O–H groups in total. The van der Waals surface area contributed by atoms with Gasteiger partial charge in [-0.05, 0) is 24.6 Å². The average molecular weight is 237 g/mol. The Morgan fingerprint density at radius 3 is 2.29 bits per heavy atom. The van der Waals surface area contributed by atoms with Crippen LogP contribution in [0.25, 0.3) is 0 Å². The van der Waals surface area contributed by atoms with Crippen molar-refractivity contribution in [2.24, 2.45) is 5.73 Å². The topological polar surface area (TPSA) is 53.7 Å². The van der Waals surface area contributed by atoms with Crippen LogP contribution in [0, 0.1) is 6.92 Å². The number of methoxy groups -OCH3 is 2. The van der Waals surface area contributed by atoms with Crippen LogP contribution >= 0.6 is 0 Å². The standard InChI is InChI=1S/C13H19NO3/c1-9-4-12(16-3)10(5-11(9)15-2)13(6-14)7-17-8-13/h4-5H,6-8,14H2,1-3H3. The fourth-order valence-electron chi connectivity index (χ4n) is 2.20. The normalized spacial score (nSPS) is 17.4. The van der Waals surface area contributed by atoms with E-state index in [1.54, 1.807) is 14.2 Å². The molecular weight excluding hydrogens is 218 g/mol. The zero-order valence-corrected chi connectivity index (χ0v) is 10.6. The maximum absolute atomic E-state index is 5.88. The third-order valence-corrected chi connectivity index (χ3v) is 3.44. The summed E-state index contributed by atoms with van der Waals surface area (Å²) in [4.78, 5) is 0. The largest absolute Gasteiger partial charge is 0.496 e. The van der Waals surface area contributed by atoms with Crippen LogP contribution in [-0.4, -0.2) is 34.0 Å². The molecule has 0 atom stereocenters. The lowest BCUT2D eigenvalue weighted by molar-refractivity contribution is -0.0560. The monoisotopic (exact) mass is 237 g/mol. The van der Waals surface area contributed by atoms with Crippen LogP contribution < -0.4 is 15.2 Å². The van der Waals surface area contributed by atoms with Gasteiger partial charge in [-0.1, -0.05) is 0 Å². The molecule has 0 saturated carbocycles. The van der Waals surface area contributed by atoms with E-state index in [4.69, 9.17) is 19.9 Å². The fourth-order valence-corrected chi connectivity index (χ4v) is 2.20. The summed E-state index contributed by atoms with van der Waals surface area (Å²) >= 11 is 0. The fraction of sp³-hybridized carbons (Fsp3) is 0.538. The predicted molar refractivity (Wildman–Crippen MR) is 65.8 cm³/mol. The van der Waals surface area contributed by atoms with Gasteiger partial charge in [-0.2, -0.15) is 0 Å². The minimum atomic E-state index is -0.119. The van der Waals surface area contributed by atoms with Gasteiger partial charge in [0.25, 0.3) is 0 Å². The Bertz CT molecular complexity index is 408. The highest BCUT2D eigenvalue weighted by atomic mass is 16.5. The van der Waals surface area contributed by atoms with Crippen molar-refractivity contribution in [3.8, 4) is 11.5 Å². The lowest BCUT2D eigenvalue weighted by Crippen LogP contribution is -2.52. The van der Waals surface area contributed by atoms with Gasteiger partial charge in [0.1, 0.15) is 11.5 Å². The van der Waals surface area contributed by atoms with Crippen molar-refractivity contribution in [3.05, 3.63) is 23.3 Å². The van der Waals surface area contributed by atoms with E-state index in [2.05, 4.69) is 0 Å². The highest BCUT2D eigenvalue weighted by Gasteiger charge is 2.41. The molecule has 0 aromatic heterocycles. The molecule has 1 saturated heterocycles. The van der Waals surface area contributed by atoms with Crippen molar-refractivity contribution in [2.75, 3.05) is 34.0 Å². The Hall–Kier alpha value is -1.26. The van der Waals surface area contributed by atoms with Crippen molar-refractivity contribution in [1.29, 1.82) is 0 Å². The van der Waals surface area contributed by atoms with Crippen molar-refractivity contribution in [1.82, 2.24) is 0 Å². The molecule has 0 aliphatic carbocycles. The van der Waals surface area contributed by atoms with E-state index in [-0.39, 0.29) is 5.41 Å². The molecule has 1 aliphatic heterocycles. The molecule has 4 nitrogen and oxygen atoms in total. The lowest BCUT2D eigenvalue weighted by Gasteiger charge is -2.41. The van der Waals surface area contributed by atoms with Gasteiger partial charge in [0.2, 0.25) is 0 Å². The van der Waals surface area contributed by atoms with E-state index >= 15 is 0 Å². The number of ether oxygens (including phenoxy) is 3. The highest BCUT2D eigenvalue weighted by Crippen LogP contribution is 2.40. The summed E-state index contributed by atoms with van der Waals surface area (Å²) in [6.07, 6.45) is 0. The molecule has 94 valence electrons. The third-order valence-electron chi connectivity index (χ3n) is 3.44. The van der Waals surface area contributed by atoms with Gasteiger partial charge in [-0.15, -0.1) is 0 Å². The molecule has 1 heterocycles. The molecule has 1 aromatic rings. The number of nitrogens with two attached hydrogens (primary N) is 1. The Morgan fingerprint density at radius 1 is 1.24 bits per heavy atom. The quantitative estimate of drug-likeness (QED) is 0.856. The summed E-state index contributed by atoms with van der Waals surface area (Å²) in [5.74, 6) is 1.72. The first kappa shape index (κ1) is 12.2. The van der Waals surface area contributed by atoms with E-state index in [9.17, 15) is 0 Å². The number of rotatable bonds is 4. The van der Waals surface area contributed by atoms with Crippen molar-refractivity contribution in [2.45, 2.75) is 12.3 Å². The maximum Gasteiger partial charge on any atom is 0.123 e. The Balaban J connectivity index is 2.50. The molecule has 1 aliphatic rings. The maximum atomic E-state index is 5.88. The molecule has 2 rings (SSSR count). The summed E-state index contributed by atoms with van der Waals surface area (Å²) in [6, 6.07) is 4.01. The van der Waals surface area contributed by atoms with Crippen LogP contribution in [0.5, 0.6) is 11.5 Å². The molecule has 0 radical (unpaired) electrons. The number of benzene rings is 1. The summed E-state index contributed by atoms with van der Waals surface area (Å²) in [7, 11) is 3.35. The minimum absolute atomic E-state index is 0.119. The number of hydrogen-bond acceptors (Lipinski definition) is 4. The molecule has 1 fully saturated rings. The zero-order chi connectivity index (χ0) is 12.5. The molecule has 1 aromatic carbocycles. The average Bonchev–Trinajstić information content (AvgIpc) is 2.29. The van der Waals surface area contributed by atoms with E-state index in [0.29, 0.717) is 19.8 Å². The number of aryl methyl sites for hydroxylation is 1. The highest BCUT2D eigenvalue weighted by molar-refractivity contribution is 5.50. The molecule has 17 heavy (non-hydrogen) atoms. The third kappa shape index (κ3) is 1.87. The van der Waals surface area contributed by atoms with E-state index in [1.807, 2.05) is 19.1 Å². The van der Waals surface area contributed by atoms with E-state index < -0.39 is 0 Å². The smallest absolute Gasteiger partial charge is 0.123 e. The van der Waals surface area contributed by atoms with Gasteiger partial charge in [-0.25, -0.2) is 0 Å².